The molecule has 0 fully saturated rings. The molecule has 0 saturated heterocycles. The van der Waals surface area contributed by atoms with Gasteiger partial charge in [-0.3, -0.25) is 0 Å². The molecule has 0 bridgehead atoms. The van der Waals surface area contributed by atoms with Gasteiger partial charge < -0.3 is 0 Å². The van der Waals surface area contributed by atoms with E-state index in [2.05, 4.69) is 12.2 Å². The highest BCUT2D eigenvalue weighted by atomic mass is 14.1. The minimum absolute atomic E-state index is 1.32. The molecule has 0 aromatic rings. The standard InChI is InChI=1S/C100H198/c1-2-4-6-8-10-12-14-16-18-20-22-24-26-28-30-32-34-36-38-40-42-44-46-48-50-52-54-56-58-60-62-64-66-68-70-72-74-76-78-80-82-84-86-88-90-92-94-96-98-100-99-97-95-93-91-89-87-85-83-81-79-77-75-73-71-69-67-65-63-61-59-57-55-53-51-49-47-45-43-41-39-37-35-33-31-29-27-25-23-21-19-17-15-13-11-9-7-5-3-1/h1-2H,3-100H2. The van der Waals surface area contributed by atoms with Crippen LogP contribution in [-0.4, -0.2) is 0 Å². The summed E-state index contributed by atoms with van der Waals surface area (Å²) < 4.78 is 0. The smallest absolute Gasteiger partial charge is 0.0351 e. The fraction of sp³-hybridized carbons (Fsp3) is 0.980. The van der Waals surface area contributed by atoms with Crippen molar-refractivity contribution in [1.82, 2.24) is 0 Å². The number of allylic oxidation sites excluding steroid dienone is 2. The molecule has 0 saturated carbocycles. The van der Waals surface area contributed by atoms with Crippen molar-refractivity contribution in [3.05, 3.63) is 12.2 Å². The van der Waals surface area contributed by atoms with Gasteiger partial charge in [-0.1, -0.05) is 616 Å². The maximum Gasteiger partial charge on any atom is -0.0351 e. The SMILES string of the molecule is C1=CCCCCCCCCCCCCCCCCCCCCCCCCCCCCCCCCCCCCCCCCCCCCCCCCCCCCCCCCCCCCCCCCCCCCCCCCCCCCCCCCCCCCCCCCCCCCCCCCCC1. The Bertz CT molecular complexity index is 1270. The van der Waals surface area contributed by atoms with Gasteiger partial charge in [0, 0.05) is 0 Å². The van der Waals surface area contributed by atoms with Gasteiger partial charge >= 0.3 is 0 Å². The van der Waals surface area contributed by atoms with Crippen molar-refractivity contribution in [3.8, 4) is 0 Å². The fourth-order valence-electron chi connectivity index (χ4n) is 17.4. The maximum absolute atomic E-state index is 2.50. The first kappa shape index (κ1) is 97.8. The molecule has 598 valence electrons. The lowest BCUT2D eigenvalue weighted by molar-refractivity contribution is 0.505. The maximum atomic E-state index is 2.50. The first-order valence-corrected chi connectivity index (χ1v) is 49.6. The zero-order valence-corrected chi connectivity index (χ0v) is 70.5. The van der Waals surface area contributed by atoms with Crippen molar-refractivity contribution in [2.24, 2.45) is 0 Å². The molecule has 0 atom stereocenters. The number of rotatable bonds is 0. The van der Waals surface area contributed by atoms with Crippen LogP contribution in [0.25, 0.3) is 0 Å². The van der Waals surface area contributed by atoms with E-state index in [-0.39, 0.29) is 0 Å². The number of hydrogen-bond acceptors (Lipinski definition) is 0. The Morgan fingerprint density at radius 3 is 0.140 bits per heavy atom. The van der Waals surface area contributed by atoms with Gasteiger partial charge in [-0.15, -0.1) is 0 Å². The zero-order chi connectivity index (χ0) is 70.7. The van der Waals surface area contributed by atoms with Crippen LogP contribution in [0, 0.1) is 0 Å². The van der Waals surface area contributed by atoms with E-state index in [1.54, 1.807) is 0 Å². The van der Waals surface area contributed by atoms with E-state index < -0.39 is 0 Å². The molecule has 0 radical (unpaired) electrons. The van der Waals surface area contributed by atoms with Gasteiger partial charge in [0.1, 0.15) is 0 Å². The third-order valence-corrected chi connectivity index (χ3v) is 24.7. The van der Waals surface area contributed by atoms with Crippen molar-refractivity contribution in [2.75, 3.05) is 0 Å². The summed E-state index contributed by atoms with van der Waals surface area (Å²) in [5.74, 6) is 0. The average molecular weight is 1400 g/mol. The second kappa shape index (κ2) is 94.8. The summed E-state index contributed by atoms with van der Waals surface area (Å²) in [6.45, 7) is 0. The largest absolute Gasteiger partial charge is 0.0885 e. The van der Waals surface area contributed by atoms with Crippen molar-refractivity contribution < 1.29 is 0 Å². The van der Waals surface area contributed by atoms with Crippen molar-refractivity contribution in [3.63, 3.8) is 0 Å². The molecule has 0 N–H and O–H groups in total. The van der Waals surface area contributed by atoms with Gasteiger partial charge in [0.15, 0.2) is 0 Å². The van der Waals surface area contributed by atoms with Gasteiger partial charge in [0.25, 0.3) is 0 Å². The van der Waals surface area contributed by atoms with E-state index in [0.717, 1.165) is 0 Å². The highest BCUT2D eigenvalue weighted by Gasteiger charge is 2.04. The quantitative estimate of drug-likeness (QED) is 0.212. The third-order valence-electron chi connectivity index (χ3n) is 24.7. The van der Waals surface area contributed by atoms with E-state index in [1.807, 2.05) is 0 Å². The average Bonchev–Trinajstić information content (AvgIpc) is 3.69. The van der Waals surface area contributed by atoms with Crippen LogP contribution in [0.15, 0.2) is 12.2 Å². The first-order chi connectivity index (χ1) is 50.0. The second-order valence-electron chi connectivity index (χ2n) is 35.0. The molecule has 0 amide bonds. The van der Waals surface area contributed by atoms with Gasteiger partial charge in [0.05, 0.1) is 0 Å². The van der Waals surface area contributed by atoms with Crippen LogP contribution in [0.4, 0.5) is 0 Å². The molecular formula is C100H198. The Hall–Kier alpha value is -0.260. The van der Waals surface area contributed by atoms with Crippen LogP contribution in [0.1, 0.15) is 629 Å². The molecule has 0 heteroatoms. The topological polar surface area (TPSA) is 0 Å². The summed E-state index contributed by atoms with van der Waals surface area (Å²) in [5, 5.41) is 0. The van der Waals surface area contributed by atoms with E-state index >= 15 is 0 Å². The van der Waals surface area contributed by atoms with E-state index in [0.29, 0.717) is 0 Å². The molecule has 0 nitrogen and oxygen atoms in total. The molecule has 1 aliphatic carbocycles. The highest BCUT2D eigenvalue weighted by Crippen LogP contribution is 2.24. The van der Waals surface area contributed by atoms with Crippen LogP contribution >= 0.6 is 0 Å². The van der Waals surface area contributed by atoms with Crippen molar-refractivity contribution in [2.45, 2.75) is 629 Å². The molecule has 0 aliphatic heterocycles. The molecule has 0 heterocycles. The lowest BCUT2D eigenvalue weighted by atomic mass is 10.0. The fourth-order valence-corrected chi connectivity index (χ4v) is 17.4. The summed E-state index contributed by atoms with van der Waals surface area (Å²) in [6.07, 6.45) is 151. The summed E-state index contributed by atoms with van der Waals surface area (Å²) in [5.41, 5.74) is 0. The molecule has 100 heavy (non-hydrogen) atoms. The van der Waals surface area contributed by atoms with Crippen LogP contribution in [0.5, 0.6) is 0 Å². The third kappa shape index (κ3) is 91.9. The second-order valence-corrected chi connectivity index (χ2v) is 35.0. The lowest BCUT2D eigenvalue weighted by Crippen LogP contribution is -1.85. The summed E-state index contributed by atoms with van der Waals surface area (Å²) >= 11 is 0. The Balaban J connectivity index is 2.01. The summed E-state index contributed by atoms with van der Waals surface area (Å²) in [7, 11) is 0. The van der Waals surface area contributed by atoms with Crippen molar-refractivity contribution >= 4 is 0 Å². The first-order valence-electron chi connectivity index (χ1n) is 49.6. The lowest BCUT2D eigenvalue weighted by Gasteiger charge is -2.05. The number of hydrogen-bond donors (Lipinski definition) is 0. The highest BCUT2D eigenvalue weighted by molar-refractivity contribution is 4.81. The Morgan fingerprint density at radius 1 is 0.0500 bits per heavy atom. The van der Waals surface area contributed by atoms with E-state index in [9.17, 15) is 0 Å². The minimum atomic E-state index is 1.32. The Morgan fingerprint density at radius 2 is 0.0900 bits per heavy atom. The summed E-state index contributed by atoms with van der Waals surface area (Å²) in [6, 6.07) is 0. The van der Waals surface area contributed by atoms with Crippen LogP contribution in [0.2, 0.25) is 0 Å². The molecule has 0 aromatic heterocycles. The predicted molar refractivity (Wildman–Crippen MR) is 462 cm³/mol. The summed E-state index contributed by atoms with van der Waals surface area (Å²) in [4.78, 5) is 0. The van der Waals surface area contributed by atoms with Gasteiger partial charge in [-0.25, -0.2) is 0 Å². The predicted octanol–water partition coefficient (Wildman–Crippen LogP) is 38.8. The van der Waals surface area contributed by atoms with Crippen molar-refractivity contribution in [1.29, 1.82) is 0 Å². The normalized spacial score (nSPS) is 23.8. The van der Waals surface area contributed by atoms with E-state index in [4.69, 9.17) is 0 Å². The molecule has 0 spiro atoms. The van der Waals surface area contributed by atoms with Gasteiger partial charge in [-0.05, 0) is 25.7 Å². The van der Waals surface area contributed by atoms with Crippen LogP contribution in [-0.2, 0) is 0 Å². The molecule has 1 rings (SSSR count). The monoisotopic (exact) mass is 1400 g/mol. The van der Waals surface area contributed by atoms with Crippen LogP contribution in [0.3, 0.4) is 0 Å². The minimum Gasteiger partial charge on any atom is -0.0885 e. The molecule has 0 aromatic carbocycles. The van der Waals surface area contributed by atoms with Gasteiger partial charge in [0.2, 0.25) is 0 Å². The Labute approximate surface area is 637 Å². The van der Waals surface area contributed by atoms with Gasteiger partial charge in [-0.2, -0.15) is 0 Å². The Kier molecular flexibility index (Phi) is 92.7. The zero-order valence-electron chi connectivity index (χ0n) is 70.5. The molecule has 1 aliphatic rings. The van der Waals surface area contributed by atoms with Crippen LogP contribution < -0.4 is 0 Å². The van der Waals surface area contributed by atoms with E-state index in [1.165, 1.54) is 629 Å². The molecule has 0 unspecified atom stereocenters. The molecular weight excluding hydrogens is 1200 g/mol.